The number of benzene rings is 1. The second kappa shape index (κ2) is 6.23. The second-order valence-electron chi connectivity index (χ2n) is 7.52. The van der Waals surface area contributed by atoms with Crippen LogP contribution in [0.5, 0.6) is 0 Å². The van der Waals surface area contributed by atoms with Gasteiger partial charge in [0, 0.05) is 19.0 Å². The van der Waals surface area contributed by atoms with Gasteiger partial charge in [0.05, 0.1) is 23.7 Å². The number of hydrogen-bond donors (Lipinski definition) is 2. The molecule has 1 aromatic carbocycles. The number of carbonyl (C=O) groups is 2. The van der Waals surface area contributed by atoms with Crippen molar-refractivity contribution in [2.24, 2.45) is 5.92 Å². The highest BCUT2D eigenvalue weighted by molar-refractivity contribution is 5.91. The zero-order valence-corrected chi connectivity index (χ0v) is 14.7. The minimum absolute atomic E-state index is 0.0266. The molecular weight excluding hydrogens is 332 g/mol. The summed E-state index contributed by atoms with van der Waals surface area (Å²) >= 11 is 0. The summed E-state index contributed by atoms with van der Waals surface area (Å²) in [5, 5.41) is 19.8. The summed E-state index contributed by atoms with van der Waals surface area (Å²) in [6.07, 6.45) is 3.35. The van der Waals surface area contributed by atoms with Gasteiger partial charge in [-0.05, 0) is 31.2 Å². The number of amides is 1. The Bertz CT molecular complexity index is 812. The third-order valence-corrected chi connectivity index (χ3v) is 5.74. The number of carboxylic acids is 1. The summed E-state index contributed by atoms with van der Waals surface area (Å²) in [5.74, 6) is -0.974. The Balaban J connectivity index is 1.57. The summed E-state index contributed by atoms with van der Waals surface area (Å²) in [7, 11) is 0. The fourth-order valence-corrected chi connectivity index (χ4v) is 4.12. The fourth-order valence-electron chi connectivity index (χ4n) is 4.12. The molecular formula is C19H22N4O3. The molecule has 2 fully saturated rings. The number of rotatable bonds is 5. The number of aromatic nitrogens is 3. The van der Waals surface area contributed by atoms with Gasteiger partial charge in [-0.1, -0.05) is 29.8 Å². The van der Waals surface area contributed by atoms with Gasteiger partial charge in [-0.3, -0.25) is 9.59 Å². The van der Waals surface area contributed by atoms with Crippen LogP contribution in [-0.2, 0) is 15.0 Å². The Labute approximate surface area is 151 Å². The molecule has 1 aliphatic carbocycles. The number of aromatic amines is 1. The van der Waals surface area contributed by atoms with Crippen molar-refractivity contribution in [3.63, 3.8) is 0 Å². The fraction of sp³-hybridized carbons (Fsp3) is 0.474. The average Bonchev–Trinajstić information content (AvgIpc) is 3.04. The Kier molecular flexibility index (Phi) is 4.01. The van der Waals surface area contributed by atoms with Gasteiger partial charge in [0.15, 0.2) is 0 Å². The maximum absolute atomic E-state index is 13.3. The molecule has 2 N–H and O–H groups in total. The van der Waals surface area contributed by atoms with Crippen molar-refractivity contribution in [1.29, 1.82) is 0 Å². The van der Waals surface area contributed by atoms with E-state index in [0.29, 0.717) is 13.1 Å². The standard InChI is InChI=1S/C19H22N4O3/c1-12-2-4-14(5-3-12)19(6-7-19)18(26)23-10-13(8-17(24)25)15(11-23)16-9-20-22-21-16/h2-5,9,13,15H,6-8,10-11H2,1H3,(H,24,25)(H,20,21,22)/t13-,15+/m0/s1. The van der Waals surface area contributed by atoms with Gasteiger partial charge in [0.1, 0.15) is 0 Å². The van der Waals surface area contributed by atoms with E-state index in [1.807, 2.05) is 36.1 Å². The molecule has 0 radical (unpaired) electrons. The average molecular weight is 354 g/mol. The molecule has 2 aromatic rings. The first-order chi connectivity index (χ1) is 12.5. The maximum Gasteiger partial charge on any atom is 0.303 e. The number of H-pyrrole nitrogens is 1. The molecule has 26 heavy (non-hydrogen) atoms. The van der Waals surface area contributed by atoms with E-state index in [2.05, 4.69) is 15.4 Å². The van der Waals surface area contributed by atoms with E-state index in [1.54, 1.807) is 6.20 Å². The number of aryl methyl sites for hydroxylation is 1. The molecule has 0 spiro atoms. The molecule has 0 bridgehead atoms. The monoisotopic (exact) mass is 354 g/mol. The predicted molar refractivity (Wildman–Crippen MR) is 93.5 cm³/mol. The van der Waals surface area contributed by atoms with E-state index in [9.17, 15) is 14.7 Å². The number of nitrogens with one attached hydrogen (secondary N) is 1. The Hall–Kier alpha value is -2.70. The van der Waals surface area contributed by atoms with Crippen LogP contribution in [0.2, 0.25) is 0 Å². The van der Waals surface area contributed by atoms with Crippen molar-refractivity contribution in [2.75, 3.05) is 13.1 Å². The number of aliphatic carboxylic acids is 1. The molecule has 7 nitrogen and oxygen atoms in total. The minimum Gasteiger partial charge on any atom is -0.481 e. The first-order valence-corrected chi connectivity index (χ1v) is 8.93. The van der Waals surface area contributed by atoms with E-state index in [4.69, 9.17) is 0 Å². The van der Waals surface area contributed by atoms with E-state index < -0.39 is 11.4 Å². The van der Waals surface area contributed by atoms with E-state index >= 15 is 0 Å². The van der Waals surface area contributed by atoms with E-state index in [-0.39, 0.29) is 24.2 Å². The molecule has 136 valence electrons. The minimum atomic E-state index is -0.850. The molecule has 4 rings (SSSR count). The molecule has 1 aliphatic heterocycles. The molecule has 0 unspecified atom stereocenters. The number of carboxylic acid groups (broad SMARTS) is 1. The Morgan fingerprint density at radius 3 is 2.58 bits per heavy atom. The SMILES string of the molecule is Cc1ccc(C2(C(=O)N3C[C@H](CC(=O)O)[C@H](c4cn[nH]n4)C3)CC2)cc1. The van der Waals surface area contributed by atoms with Crippen LogP contribution >= 0.6 is 0 Å². The lowest BCUT2D eigenvalue weighted by molar-refractivity contribution is -0.138. The number of nitrogens with zero attached hydrogens (tertiary/aromatic N) is 3. The first kappa shape index (κ1) is 16.8. The van der Waals surface area contributed by atoms with Gasteiger partial charge in [-0.2, -0.15) is 15.4 Å². The highest BCUT2D eigenvalue weighted by Crippen LogP contribution is 2.51. The van der Waals surface area contributed by atoms with E-state index in [1.165, 1.54) is 5.56 Å². The van der Waals surface area contributed by atoms with Crippen molar-refractivity contribution < 1.29 is 14.7 Å². The van der Waals surface area contributed by atoms with Crippen LogP contribution in [0.4, 0.5) is 0 Å². The largest absolute Gasteiger partial charge is 0.481 e. The van der Waals surface area contributed by atoms with Crippen molar-refractivity contribution >= 4 is 11.9 Å². The molecule has 1 aromatic heterocycles. The Morgan fingerprint density at radius 1 is 1.27 bits per heavy atom. The van der Waals surface area contributed by atoms with Crippen molar-refractivity contribution in [3.8, 4) is 0 Å². The summed E-state index contributed by atoms with van der Waals surface area (Å²) in [5.41, 5.74) is 2.53. The van der Waals surface area contributed by atoms with Gasteiger partial charge in [0.25, 0.3) is 0 Å². The number of likely N-dealkylation sites (tertiary alicyclic amines) is 1. The summed E-state index contributed by atoms with van der Waals surface area (Å²) in [6.45, 7) is 2.98. The van der Waals surface area contributed by atoms with Crippen LogP contribution in [0.25, 0.3) is 0 Å². The van der Waals surface area contributed by atoms with Crippen LogP contribution in [0.1, 0.15) is 42.0 Å². The summed E-state index contributed by atoms with van der Waals surface area (Å²) in [6, 6.07) is 8.16. The third-order valence-electron chi connectivity index (χ3n) is 5.74. The number of carbonyl (C=O) groups excluding carboxylic acids is 1. The van der Waals surface area contributed by atoms with Crippen LogP contribution in [0.3, 0.4) is 0 Å². The zero-order chi connectivity index (χ0) is 18.3. The summed E-state index contributed by atoms with van der Waals surface area (Å²) < 4.78 is 0. The molecule has 2 aliphatic rings. The molecule has 1 saturated carbocycles. The maximum atomic E-state index is 13.3. The normalized spacial score (nSPS) is 23.8. The van der Waals surface area contributed by atoms with Crippen molar-refractivity contribution in [1.82, 2.24) is 20.3 Å². The van der Waals surface area contributed by atoms with Gasteiger partial charge in [-0.15, -0.1) is 0 Å². The first-order valence-electron chi connectivity index (χ1n) is 8.93. The van der Waals surface area contributed by atoms with Gasteiger partial charge < -0.3 is 10.0 Å². The highest BCUT2D eigenvalue weighted by Gasteiger charge is 2.54. The molecule has 1 saturated heterocycles. The second-order valence-corrected chi connectivity index (χ2v) is 7.52. The molecule has 2 heterocycles. The quantitative estimate of drug-likeness (QED) is 0.854. The lowest BCUT2D eigenvalue weighted by Crippen LogP contribution is -2.38. The van der Waals surface area contributed by atoms with Crippen LogP contribution < -0.4 is 0 Å². The molecule has 7 heteroatoms. The van der Waals surface area contributed by atoms with Crippen molar-refractivity contribution in [2.45, 2.75) is 37.5 Å². The third kappa shape index (κ3) is 2.87. The lowest BCUT2D eigenvalue weighted by atomic mass is 9.91. The molecule has 1 amide bonds. The highest BCUT2D eigenvalue weighted by atomic mass is 16.4. The van der Waals surface area contributed by atoms with Gasteiger partial charge in [0.2, 0.25) is 5.91 Å². The van der Waals surface area contributed by atoms with Crippen LogP contribution in [-0.4, -0.2) is 50.4 Å². The Morgan fingerprint density at radius 2 is 2.00 bits per heavy atom. The van der Waals surface area contributed by atoms with E-state index in [0.717, 1.165) is 24.1 Å². The van der Waals surface area contributed by atoms with Crippen molar-refractivity contribution in [3.05, 3.63) is 47.3 Å². The smallest absolute Gasteiger partial charge is 0.303 e. The molecule has 2 atom stereocenters. The van der Waals surface area contributed by atoms with Crippen LogP contribution in [0.15, 0.2) is 30.5 Å². The summed E-state index contributed by atoms with van der Waals surface area (Å²) in [4.78, 5) is 26.4. The van der Waals surface area contributed by atoms with Gasteiger partial charge >= 0.3 is 5.97 Å². The van der Waals surface area contributed by atoms with Crippen LogP contribution in [0, 0.1) is 12.8 Å². The topological polar surface area (TPSA) is 99.2 Å². The van der Waals surface area contributed by atoms with Gasteiger partial charge in [-0.25, -0.2) is 0 Å². The lowest BCUT2D eigenvalue weighted by Gasteiger charge is -2.24. The number of hydrogen-bond acceptors (Lipinski definition) is 4. The zero-order valence-electron chi connectivity index (χ0n) is 14.7. The predicted octanol–water partition coefficient (Wildman–Crippen LogP) is 1.86.